The fraction of sp³-hybridized carbons (Fsp3) is 0.286. The van der Waals surface area contributed by atoms with Gasteiger partial charge in [0.1, 0.15) is 0 Å². The molecule has 0 aliphatic rings. The molecule has 2 rings (SSSR count). The molecule has 18 heavy (non-hydrogen) atoms. The number of aryl methyl sites for hydroxylation is 1. The first kappa shape index (κ1) is 13.4. The van der Waals surface area contributed by atoms with Crippen LogP contribution in [0.5, 0.6) is 0 Å². The largest absolute Gasteiger partial charge is 0.380 e. The van der Waals surface area contributed by atoms with Crippen molar-refractivity contribution in [3.8, 4) is 0 Å². The molecule has 1 N–H and O–H groups in total. The quantitative estimate of drug-likeness (QED) is 0.890. The monoisotopic (exact) mass is 324 g/mol. The molecule has 1 aromatic carbocycles. The van der Waals surface area contributed by atoms with E-state index in [0.717, 1.165) is 12.2 Å². The van der Waals surface area contributed by atoms with Gasteiger partial charge in [-0.15, -0.1) is 11.3 Å². The molecule has 1 aromatic heterocycles. The minimum absolute atomic E-state index is 0.867. The maximum absolute atomic E-state index is 3.48. The van der Waals surface area contributed by atoms with Gasteiger partial charge in [0.25, 0.3) is 0 Å². The third-order valence-electron chi connectivity index (χ3n) is 2.79. The van der Waals surface area contributed by atoms with E-state index in [-0.39, 0.29) is 0 Å². The van der Waals surface area contributed by atoms with Gasteiger partial charge in [-0.25, -0.2) is 0 Å². The lowest BCUT2D eigenvalue weighted by Gasteiger charge is -2.17. The van der Waals surface area contributed by atoms with Crippen LogP contribution < -0.4 is 10.2 Å². The molecule has 96 valence electrons. The Morgan fingerprint density at radius 3 is 2.61 bits per heavy atom. The Kier molecular flexibility index (Phi) is 4.30. The van der Waals surface area contributed by atoms with E-state index in [9.17, 15) is 0 Å². The molecular weight excluding hydrogens is 308 g/mol. The lowest BCUT2D eigenvalue weighted by molar-refractivity contribution is 1.11. The number of thiophene rings is 1. The number of hydrogen-bond acceptors (Lipinski definition) is 3. The van der Waals surface area contributed by atoms with Crippen molar-refractivity contribution >= 4 is 38.6 Å². The van der Waals surface area contributed by atoms with Crippen molar-refractivity contribution in [2.45, 2.75) is 13.5 Å². The van der Waals surface area contributed by atoms with Crippen LogP contribution in [0.4, 0.5) is 11.4 Å². The van der Waals surface area contributed by atoms with Gasteiger partial charge in [-0.1, -0.05) is 6.07 Å². The minimum Gasteiger partial charge on any atom is -0.380 e. The molecule has 1 heterocycles. The Labute approximate surface area is 121 Å². The Morgan fingerprint density at radius 2 is 2.00 bits per heavy atom. The predicted molar refractivity (Wildman–Crippen MR) is 84.9 cm³/mol. The standard InChI is InChI=1S/C14H17BrN2S/c1-10-4-5-11(8-13(10)17(2)3)16-9-12-6-7-14(15)18-12/h4-8,16H,9H2,1-3H3. The number of nitrogens with zero attached hydrogens (tertiary/aromatic N) is 1. The fourth-order valence-corrected chi connectivity index (χ4v) is 3.26. The summed E-state index contributed by atoms with van der Waals surface area (Å²) in [5.74, 6) is 0. The second-order valence-electron chi connectivity index (χ2n) is 4.46. The molecule has 0 amide bonds. The number of rotatable bonds is 4. The number of benzene rings is 1. The van der Waals surface area contributed by atoms with Crippen LogP contribution in [0.2, 0.25) is 0 Å². The van der Waals surface area contributed by atoms with Gasteiger partial charge in [0.05, 0.1) is 3.79 Å². The minimum atomic E-state index is 0.867. The van der Waals surface area contributed by atoms with Crippen molar-refractivity contribution in [2.75, 3.05) is 24.3 Å². The second kappa shape index (κ2) is 5.76. The average Bonchev–Trinajstić information content (AvgIpc) is 2.74. The highest BCUT2D eigenvalue weighted by Gasteiger charge is 2.03. The predicted octanol–water partition coefficient (Wildman–Crippen LogP) is 4.50. The normalized spacial score (nSPS) is 10.4. The van der Waals surface area contributed by atoms with Gasteiger partial charge >= 0.3 is 0 Å². The topological polar surface area (TPSA) is 15.3 Å². The summed E-state index contributed by atoms with van der Waals surface area (Å²) in [7, 11) is 4.14. The van der Waals surface area contributed by atoms with Gasteiger partial charge in [0.15, 0.2) is 0 Å². The Bertz CT molecular complexity index is 534. The molecule has 0 fully saturated rings. The van der Waals surface area contributed by atoms with E-state index in [4.69, 9.17) is 0 Å². The van der Waals surface area contributed by atoms with Crippen molar-refractivity contribution in [1.82, 2.24) is 0 Å². The van der Waals surface area contributed by atoms with Crippen LogP contribution in [-0.2, 0) is 6.54 Å². The number of anilines is 2. The van der Waals surface area contributed by atoms with Crippen molar-refractivity contribution in [3.05, 3.63) is 44.6 Å². The zero-order valence-corrected chi connectivity index (χ0v) is 13.2. The summed E-state index contributed by atoms with van der Waals surface area (Å²) in [4.78, 5) is 3.47. The van der Waals surface area contributed by atoms with Crippen LogP contribution in [0.25, 0.3) is 0 Å². The SMILES string of the molecule is Cc1ccc(NCc2ccc(Br)s2)cc1N(C)C. The van der Waals surface area contributed by atoms with Gasteiger partial charge in [0.2, 0.25) is 0 Å². The van der Waals surface area contributed by atoms with Crippen molar-refractivity contribution in [2.24, 2.45) is 0 Å². The molecule has 0 spiro atoms. The van der Waals surface area contributed by atoms with Crippen LogP contribution in [0, 0.1) is 6.92 Å². The van der Waals surface area contributed by atoms with Crippen LogP contribution in [0.15, 0.2) is 34.1 Å². The molecular formula is C14H17BrN2S. The van der Waals surface area contributed by atoms with E-state index in [1.165, 1.54) is 19.9 Å². The number of hydrogen-bond donors (Lipinski definition) is 1. The van der Waals surface area contributed by atoms with E-state index in [0.29, 0.717) is 0 Å². The van der Waals surface area contributed by atoms with E-state index < -0.39 is 0 Å². The fourth-order valence-electron chi connectivity index (χ4n) is 1.84. The molecule has 0 aliphatic carbocycles. The maximum Gasteiger partial charge on any atom is 0.0702 e. The molecule has 0 bridgehead atoms. The average molecular weight is 325 g/mol. The summed E-state index contributed by atoms with van der Waals surface area (Å²) in [6.07, 6.45) is 0. The van der Waals surface area contributed by atoms with Gasteiger partial charge < -0.3 is 10.2 Å². The zero-order chi connectivity index (χ0) is 13.1. The number of halogens is 1. The van der Waals surface area contributed by atoms with Crippen LogP contribution in [0.3, 0.4) is 0 Å². The summed E-state index contributed by atoms with van der Waals surface area (Å²) in [6, 6.07) is 10.7. The third-order valence-corrected chi connectivity index (χ3v) is 4.41. The van der Waals surface area contributed by atoms with E-state index in [1.807, 2.05) is 0 Å². The van der Waals surface area contributed by atoms with Crippen LogP contribution >= 0.6 is 27.3 Å². The van der Waals surface area contributed by atoms with Crippen molar-refractivity contribution in [1.29, 1.82) is 0 Å². The summed E-state index contributed by atoms with van der Waals surface area (Å²) in [5.41, 5.74) is 3.71. The van der Waals surface area contributed by atoms with Gasteiger partial charge in [-0.3, -0.25) is 0 Å². The highest BCUT2D eigenvalue weighted by Crippen LogP contribution is 2.25. The lowest BCUT2D eigenvalue weighted by Crippen LogP contribution is -2.10. The first-order valence-corrected chi connectivity index (χ1v) is 7.43. The van der Waals surface area contributed by atoms with Crippen LogP contribution in [0.1, 0.15) is 10.4 Å². The Morgan fingerprint density at radius 1 is 1.22 bits per heavy atom. The summed E-state index contributed by atoms with van der Waals surface area (Å²) < 4.78 is 1.18. The molecule has 0 atom stereocenters. The van der Waals surface area contributed by atoms with Crippen LogP contribution in [-0.4, -0.2) is 14.1 Å². The summed E-state index contributed by atoms with van der Waals surface area (Å²) in [6.45, 7) is 3.00. The van der Waals surface area contributed by atoms with Crippen molar-refractivity contribution < 1.29 is 0 Å². The zero-order valence-electron chi connectivity index (χ0n) is 10.8. The van der Waals surface area contributed by atoms with Gasteiger partial charge in [-0.2, -0.15) is 0 Å². The molecule has 0 saturated heterocycles. The molecule has 4 heteroatoms. The van der Waals surface area contributed by atoms with E-state index >= 15 is 0 Å². The van der Waals surface area contributed by atoms with Crippen molar-refractivity contribution in [3.63, 3.8) is 0 Å². The molecule has 0 saturated carbocycles. The Balaban J connectivity index is 2.08. The lowest BCUT2D eigenvalue weighted by atomic mass is 10.1. The molecule has 0 radical (unpaired) electrons. The maximum atomic E-state index is 3.48. The molecule has 0 unspecified atom stereocenters. The van der Waals surface area contributed by atoms with E-state index in [1.54, 1.807) is 11.3 Å². The summed E-state index contributed by atoms with van der Waals surface area (Å²) in [5, 5.41) is 3.46. The molecule has 2 nitrogen and oxygen atoms in total. The second-order valence-corrected chi connectivity index (χ2v) is 7.00. The number of nitrogens with one attached hydrogen (secondary N) is 1. The van der Waals surface area contributed by atoms with E-state index in [2.05, 4.69) is 77.5 Å². The first-order chi connectivity index (χ1) is 8.56. The third kappa shape index (κ3) is 3.27. The highest BCUT2D eigenvalue weighted by molar-refractivity contribution is 9.11. The smallest absolute Gasteiger partial charge is 0.0702 e. The molecule has 2 aromatic rings. The first-order valence-electron chi connectivity index (χ1n) is 5.82. The highest BCUT2D eigenvalue weighted by atomic mass is 79.9. The van der Waals surface area contributed by atoms with Gasteiger partial charge in [-0.05, 0) is 52.7 Å². The molecule has 0 aliphatic heterocycles. The van der Waals surface area contributed by atoms with Gasteiger partial charge in [0, 0.05) is 36.9 Å². The summed E-state index contributed by atoms with van der Waals surface area (Å²) >= 11 is 5.25. The Hall–Kier alpha value is -1.000.